The van der Waals surface area contributed by atoms with Gasteiger partial charge in [-0.15, -0.1) is 0 Å². The molecule has 3 rings (SSSR count). The highest BCUT2D eigenvalue weighted by molar-refractivity contribution is 5.90. The monoisotopic (exact) mass is 385 g/mol. The minimum absolute atomic E-state index is 0.0690. The molecule has 150 valence electrons. The van der Waals surface area contributed by atoms with E-state index >= 15 is 0 Å². The second-order valence-electron chi connectivity index (χ2n) is 6.89. The molecule has 8 heteroatoms. The molecule has 0 radical (unpaired) electrons. The van der Waals surface area contributed by atoms with E-state index in [1.807, 2.05) is 35.2 Å². The highest BCUT2D eigenvalue weighted by Gasteiger charge is 2.17. The number of H-pyrrole nitrogens is 1. The van der Waals surface area contributed by atoms with Gasteiger partial charge in [-0.3, -0.25) is 14.7 Å². The third-order valence-electron chi connectivity index (χ3n) is 4.94. The minimum atomic E-state index is -0.0690. The lowest BCUT2D eigenvalue weighted by atomic mass is 10.1. The van der Waals surface area contributed by atoms with Crippen molar-refractivity contribution in [1.82, 2.24) is 20.0 Å². The zero-order valence-electron chi connectivity index (χ0n) is 16.4. The molecule has 0 spiro atoms. The van der Waals surface area contributed by atoms with E-state index in [4.69, 9.17) is 4.74 Å². The van der Waals surface area contributed by atoms with Crippen molar-refractivity contribution in [3.8, 4) is 17.0 Å². The summed E-state index contributed by atoms with van der Waals surface area (Å²) in [6, 6.07) is 9.44. The van der Waals surface area contributed by atoms with Crippen molar-refractivity contribution < 1.29 is 14.3 Å². The zero-order valence-corrected chi connectivity index (χ0v) is 16.4. The largest absolute Gasteiger partial charge is 0.497 e. The van der Waals surface area contributed by atoms with E-state index in [1.54, 1.807) is 14.0 Å². The van der Waals surface area contributed by atoms with Gasteiger partial charge in [0.2, 0.25) is 11.8 Å². The summed E-state index contributed by atoms with van der Waals surface area (Å²) >= 11 is 0. The van der Waals surface area contributed by atoms with E-state index in [-0.39, 0.29) is 11.8 Å². The number of rotatable bonds is 6. The van der Waals surface area contributed by atoms with Gasteiger partial charge in [0.15, 0.2) is 5.82 Å². The molecule has 0 unspecified atom stereocenters. The van der Waals surface area contributed by atoms with Gasteiger partial charge in [0.05, 0.1) is 12.8 Å². The highest BCUT2D eigenvalue weighted by Crippen LogP contribution is 2.22. The Morgan fingerprint density at radius 3 is 2.68 bits per heavy atom. The molecule has 1 aromatic carbocycles. The molecule has 2 aromatic rings. The van der Waals surface area contributed by atoms with E-state index in [9.17, 15) is 9.59 Å². The maximum atomic E-state index is 12.3. The van der Waals surface area contributed by atoms with Gasteiger partial charge in [0.25, 0.3) is 0 Å². The fourth-order valence-electron chi connectivity index (χ4n) is 3.28. The van der Waals surface area contributed by atoms with Crippen molar-refractivity contribution >= 4 is 17.6 Å². The van der Waals surface area contributed by atoms with Gasteiger partial charge in [-0.1, -0.05) is 0 Å². The lowest BCUT2D eigenvalue weighted by Crippen LogP contribution is -2.34. The van der Waals surface area contributed by atoms with Crippen molar-refractivity contribution in [3.05, 3.63) is 30.3 Å². The number of methoxy groups -OCH3 is 1. The van der Waals surface area contributed by atoms with E-state index in [2.05, 4.69) is 20.4 Å². The fourth-order valence-corrected chi connectivity index (χ4v) is 3.28. The molecule has 2 N–H and O–H groups in total. The van der Waals surface area contributed by atoms with E-state index < -0.39 is 0 Å². The maximum Gasteiger partial charge on any atom is 0.226 e. The Bertz CT molecular complexity index is 802. The molecule has 0 aliphatic carbocycles. The molecule has 2 heterocycles. The first-order valence-electron chi connectivity index (χ1n) is 9.52. The molecule has 0 bridgehead atoms. The number of hydrogen-bond donors (Lipinski definition) is 2. The lowest BCUT2D eigenvalue weighted by molar-refractivity contribution is -0.128. The third kappa shape index (κ3) is 5.32. The lowest BCUT2D eigenvalue weighted by Gasteiger charge is -2.20. The van der Waals surface area contributed by atoms with Crippen LogP contribution in [0.25, 0.3) is 11.3 Å². The Morgan fingerprint density at radius 2 is 1.96 bits per heavy atom. The van der Waals surface area contributed by atoms with Crippen molar-refractivity contribution in [1.29, 1.82) is 0 Å². The number of ether oxygens (including phenoxy) is 1. The van der Waals surface area contributed by atoms with E-state index in [1.165, 1.54) is 0 Å². The second kappa shape index (κ2) is 9.36. The van der Waals surface area contributed by atoms with Crippen LogP contribution < -0.4 is 10.1 Å². The van der Waals surface area contributed by atoms with Crippen LogP contribution in [0.4, 0.5) is 5.82 Å². The molecular weight excluding hydrogens is 358 g/mol. The van der Waals surface area contributed by atoms with Crippen molar-refractivity contribution in [2.45, 2.75) is 19.8 Å². The van der Waals surface area contributed by atoms with Gasteiger partial charge in [-0.25, -0.2) is 0 Å². The fraction of sp³-hybridized carbons (Fsp3) is 0.450. The van der Waals surface area contributed by atoms with E-state index in [0.717, 1.165) is 49.6 Å². The van der Waals surface area contributed by atoms with Crippen molar-refractivity contribution in [2.24, 2.45) is 0 Å². The number of carbonyl (C=O) groups is 2. The molecule has 28 heavy (non-hydrogen) atoms. The second-order valence-corrected chi connectivity index (χ2v) is 6.89. The quantitative estimate of drug-likeness (QED) is 0.793. The van der Waals surface area contributed by atoms with Crippen LogP contribution in [-0.2, 0) is 9.59 Å². The Kier molecular flexibility index (Phi) is 6.65. The molecule has 1 aliphatic heterocycles. The third-order valence-corrected chi connectivity index (χ3v) is 4.94. The smallest absolute Gasteiger partial charge is 0.226 e. The van der Waals surface area contributed by atoms with Crippen molar-refractivity contribution in [3.63, 3.8) is 0 Å². The molecule has 8 nitrogen and oxygen atoms in total. The van der Waals surface area contributed by atoms with Crippen LogP contribution in [0.2, 0.25) is 0 Å². The van der Waals surface area contributed by atoms with E-state index in [0.29, 0.717) is 18.8 Å². The summed E-state index contributed by atoms with van der Waals surface area (Å²) in [4.78, 5) is 27.9. The Balaban J connectivity index is 1.47. The Labute approximate surface area is 164 Å². The first-order valence-corrected chi connectivity index (χ1v) is 9.52. The van der Waals surface area contributed by atoms with Gasteiger partial charge in [0, 0.05) is 45.6 Å². The minimum Gasteiger partial charge on any atom is -0.497 e. The van der Waals surface area contributed by atoms with Crippen LogP contribution in [0.15, 0.2) is 30.3 Å². The van der Waals surface area contributed by atoms with Crippen molar-refractivity contribution in [2.75, 3.05) is 45.2 Å². The first kappa shape index (κ1) is 19.9. The Hall–Kier alpha value is -2.87. The summed E-state index contributed by atoms with van der Waals surface area (Å²) < 4.78 is 5.16. The summed E-state index contributed by atoms with van der Waals surface area (Å²) in [5.74, 6) is 1.34. The predicted molar refractivity (Wildman–Crippen MR) is 107 cm³/mol. The van der Waals surface area contributed by atoms with Crippen LogP contribution in [0.3, 0.4) is 0 Å². The molecule has 1 aromatic heterocycles. The average Bonchev–Trinajstić information content (AvgIpc) is 3.02. The topological polar surface area (TPSA) is 90.6 Å². The number of aromatic amines is 1. The van der Waals surface area contributed by atoms with Gasteiger partial charge < -0.3 is 19.9 Å². The number of hydrogen-bond acceptors (Lipinski definition) is 5. The van der Waals surface area contributed by atoms with Crippen LogP contribution >= 0.6 is 0 Å². The summed E-state index contributed by atoms with van der Waals surface area (Å²) in [6.45, 7) is 5.50. The Morgan fingerprint density at radius 1 is 1.18 bits per heavy atom. The molecular formula is C20H27N5O3. The first-order chi connectivity index (χ1) is 13.5. The number of nitrogens with zero attached hydrogens (tertiary/aromatic N) is 3. The maximum absolute atomic E-state index is 12.3. The standard InChI is InChI=1S/C20H27N5O3/c1-15(26)25-10-3-9-24(12-13-25)11-8-20(27)21-19-14-18(22-23-19)16-4-6-17(28-2)7-5-16/h4-7,14H,3,8-13H2,1-2H3,(H2,21,22,23,27). The van der Waals surface area contributed by atoms with Gasteiger partial charge >= 0.3 is 0 Å². The summed E-state index contributed by atoms with van der Waals surface area (Å²) in [5, 5.41) is 9.95. The van der Waals surface area contributed by atoms with Crippen LogP contribution in [0.1, 0.15) is 19.8 Å². The summed E-state index contributed by atoms with van der Waals surface area (Å²) in [7, 11) is 1.63. The number of benzene rings is 1. The zero-order chi connectivity index (χ0) is 19.9. The SMILES string of the molecule is COc1ccc(-c2cc(NC(=O)CCN3CCCN(C(C)=O)CC3)n[nH]2)cc1. The number of aromatic nitrogens is 2. The molecule has 1 aliphatic rings. The predicted octanol–water partition coefficient (Wildman–Crippen LogP) is 1.97. The van der Waals surface area contributed by atoms with Crippen LogP contribution in [0.5, 0.6) is 5.75 Å². The average molecular weight is 385 g/mol. The highest BCUT2D eigenvalue weighted by atomic mass is 16.5. The molecule has 2 amide bonds. The summed E-state index contributed by atoms with van der Waals surface area (Å²) in [5.41, 5.74) is 1.79. The summed E-state index contributed by atoms with van der Waals surface area (Å²) in [6.07, 6.45) is 1.33. The number of anilines is 1. The molecule has 1 saturated heterocycles. The van der Waals surface area contributed by atoms with Gasteiger partial charge in [0.1, 0.15) is 5.75 Å². The number of carbonyl (C=O) groups excluding carboxylic acids is 2. The number of amides is 2. The molecule has 1 fully saturated rings. The molecule has 0 atom stereocenters. The van der Waals surface area contributed by atoms with Crippen LogP contribution in [0, 0.1) is 0 Å². The van der Waals surface area contributed by atoms with Crippen LogP contribution in [-0.4, -0.2) is 71.6 Å². The van der Waals surface area contributed by atoms with Gasteiger partial charge in [-0.05, 0) is 42.8 Å². The molecule has 0 saturated carbocycles. The number of nitrogens with one attached hydrogen (secondary N) is 2. The van der Waals surface area contributed by atoms with Gasteiger partial charge in [-0.2, -0.15) is 5.10 Å². The normalized spacial score (nSPS) is 15.1.